The quantitative estimate of drug-likeness (QED) is 0.373. The van der Waals surface area contributed by atoms with E-state index in [1.54, 1.807) is 19.5 Å². The minimum Gasteiger partial charge on any atom is -0.478 e. The molecule has 0 unspecified atom stereocenters. The maximum Gasteiger partial charge on any atom is 0.223 e. The van der Waals surface area contributed by atoms with E-state index in [0.29, 0.717) is 35.9 Å². The molecule has 0 aliphatic heterocycles. The Balaban J connectivity index is 0.000000712. The van der Waals surface area contributed by atoms with E-state index in [9.17, 15) is 0 Å². The second-order valence-corrected chi connectivity index (χ2v) is 8.67. The van der Waals surface area contributed by atoms with E-state index in [1.807, 2.05) is 32.0 Å². The summed E-state index contributed by atoms with van der Waals surface area (Å²) in [7, 11) is 1.72. The van der Waals surface area contributed by atoms with E-state index < -0.39 is 0 Å². The van der Waals surface area contributed by atoms with Crippen LogP contribution in [0.25, 0.3) is 11.3 Å². The van der Waals surface area contributed by atoms with Crippen molar-refractivity contribution in [1.29, 1.82) is 0 Å². The minimum absolute atomic E-state index is 0. The zero-order valence-electron chi connectivity index (χ0n) is 21.9. The van der Waals surface area contributed by atoms with E-state index in [2.05, 4.69) is 65.8 Å². The molecule has 2 heterocycles. The molecule has 0 saturated carbocycles. The smallest absolute Gasteiger partial charge is 0.223 e. The Morgan fingerprint density at radius 1 is 1.09 bits per heavy atom. The van der Waals surface area contributed by atoms with Gasteiger partial charge in [-0.3, -0.25) is 4.99 Å². The average Bonchev–Trinajstić information content (AvgIpc) is 2.80. The average molecular weight is 478 g/mol. The Bertz CT molecular complexity index is 1120. The lowest BCUT2D eigenvalue weighted by Gasteiger charge is -2.12. The van der Waals surface area contributed by atoms with Crippen LogP contribution in [0.5, 0.6) is 17.5 Å². The predicted molar refractivity (Wildman–Crippen MR) is 145 cm³/mol. The van der Waals surface area contributed by atoms with Gasteiger partial charge in [-0.25, -0.2) is 9.97 Å². The van der Waals surface area contributed by atoms with E-state index in [0.717, 1.165) is 23.3 Å². The van der Waals surface area contributed by atoms with Crippen LogP contribution in [0.1, 0.15) is 45.6 Å². The summed E-state index contributed by atoms with van der Waals surface area (Å²) in [6.07, 6.45) is 5.88. The molecule has 35 heavy (non-hydrogen) atoms. The van der Waals surface area contributed by atoms with Crippen molar-refractivity contribution in [3.63, 3.8) is 0 Å². The standard InChI is InChI=1S/C23H27N3O2.C5H10N2.H2/c1-15(2)11-12-27-21-10-9-19(14-24-21)28-22-13-20(25-18(5)26-22)23-16(3)7-6-8-17(23)4;1-5(3-6)4-7-2;/h6-10,13-15H,11-12H2,1-5H3;3-4H,6H2,1-2H3;1H/b;5-3-,7-4?;. The highest BCUT2D eigenvalue weighted by molar-refractivity contribution is 5.77. The molecule has 188 valence electrons. The zero-order valence-corrected chi connectivity index (χ0v) is 21.9. The maximum atomic E-state index is 5.93. The van der Waals surface area contributed by atoms with Gasteiger partial charge in [-0.2, -0.15) is 4.98 Å². The van der Waals surface area contributed by atoms with Crippen molar-refractivity contribution in [1.82, 2.24) is 15.0 Å². The minimum atomic E-state index is 0. The summed E-state index contributed by atoms with van der Waals surface area (Å²) in [4.78, 5) is 17.1. The van der Waals surface area contributed by atoms with Crippen molar-refractivity contribution in [2.24, 2.45) is 16.6 Å². The topological polar surface area (TPSA) is 95.5 Å². The van der Waals surface area contributed by atoms with Crippen LogP contribution >= 0.6 is 0 Å². The highest BCUT2D eigenvalue weighted by Crippen LogP contribution is 2.29. The molecule has 1 aromatic carbocycles. The van der Waals surface area contributed by atoms with Gasteiger partial charge in [0.05, 0.1) is 18.5 Å². The molecular formula is C28H39N5O2. The fraction of sp³-hybridized carbons (Fsp3) is 0.357. The zero-order chi connectivity index (χ0) is 25.8. The Labute approximate surface area is 210 Å². The van der Waals surface area contributed by atoms with Crippen LogP contribution in [-0.2, 0) is 0 Å². The number of nitrogens with zero attached hydrogens (tertiary/aromatic N) is 4. The van der Waals surface area contributed by atoms with Crippen molar-refractivity contribution in [3.8, 4) is 28.8 Å². The van der Waals surface area contributed by atoms with Gasteiger partial charge in [0.2, 0.25) is 11.8 Å². The van der Waals surface area contributed by atoms with Crippen LogP contribution in [0.3, 0.4) is 0 Å². The van der Waals surface area contributed by atoms with Crippen molar-refractivity contribution < 1.29 is 10.9 Å². The molecule has 0 bridgehead atoms. The van der Waals surface area contributed by atoms with E-state index >= 15 is 0 Å². The third kappa shape index (κ3) is 9.20. The molecule has 7 heteroatoms. The number of hydrogen-bond acceptors (Lipinski definition) is 7. The van der Waals surface area contributed by atoms with Gasteiger partial charge in [0.1, 0.15) is 11.6 Å². The Morgan fingerprint density at radius 2 is 1.80 bits per heavy atom. The van der Waals surface area contributed by atoms with E-state index in [-0.39, 0.29) is 1.43 Å². The molecule has 3 rings (SSSR count). The first kappa shape index (κ1) is 27.5. The summed E-state index contributed by atoms with van der Waals surface area (Å²) in [6, 6.07) is 11.7. The Morgan fingerprint density at radius 3 is 2.34 bits per heavy atom. The van der Waals surface area contributed by atoms with Gasteiger partial charge < -0.3 is 15.2 Å². The van der Waals surface area contributed by atoms with Gasteiger partial charge in [0.15, 0.2) is 0 Å². The first-order valence-corrected chi connectivity index (χ1v) is 11.7. The Kier molecular flexibility index (Phi) is 10.9. The number of aliphatic imine (C=N–C) groups is 1. The van der Waals surface area contributed by atoms with Crippen molar-refractivity contribution in [2.45, 2.75) is 48.0 Å². The first-order valence-electron chi connectivity index (χ1n) is 11.7. The number of ether oxygens (including phenoxy) is 2. The molecule has 2 aromatic heterocycles. The lowest BCUT2D eigenvalue weighted by molar-refractivity contribution is 0.278. The van der Waals surface area contributed by atoms with Crippen LogP contribution in [0.2, 0.25) is 0 Å². The van der Waals surface area contributed by atoms with Gasteiger partial charge in [-0.15, -0.1) is 0 Å². The van der Waals surface area contributed by atoms with Gasteiger partial charge in [0, 0.05) is 32.4 Å². The second kappa shape index (κ2) is 13.8. The monoisotopic (exact) mass is 477 g/mol. The summed E-state index contributed by atoms with van der Waals surface area (Å²) < 4.78 is 11.6. The number of benzene rings is 1. The van der Waals surface area contributed by atoms with Crippen molar-refractivity contribution in [2.75, 3.05) is 13.7 Å². The number of pyridine rings is 1. The third-order valence-electron chi connectivity index (χ3n) is 5.02. The van der Waals surface area contributed by atoms with Crippen LogP contribution < -0.4 is 15.2 Å². The van der Waals surface area contributed by atoms with Gasteiger partial charge >= 0.3 is 0 Å². The molecule has 2 N–H and O–H groups in total. The maximum absolute atomic E-state index is 5.93. The number of hydrogen-bond donors (Lipinski definition) is 1. The number of allylic oxidation sites excluding steroid dienone is 1. The molecule has 0 fully saturated rings. The summed E-state index contributed by atoms with van der Waals surface area (Å²) in [5, 5.41) is 0. The lowest BCUT2D eigenvalue weighted by atomic mass is 10.00. The van der Waals surface area contributed by atoms with Gasteiger partial charge in [-0.05, 0) is 69.0 Å². The fourth-order valence-corrected chi connectivity index (χ4v) is 3.22. The lowest BCUT2D eigenvalue weighted by Crippen LogP contribution is -2.02. The highest BCUT2D eigenvalue weighted by Gasteiger charge is 2.11. The number of aromatic nitrogens is 3. The molecule has 0 saturated heterocycles. The molecular weight excluding hydrogens is 438 g/mol. The first-order chi connectivity index (χ1) is 16.7. The molecule has 0 aliphatic rings. The van der Waals surface area contributed by atoms with Crippen molar-refractivity contribution >= 4 is 6.21 Å². The number of nitrogens with two attached hydrogens (primary N) is 1. The second-order valence-electron chi connectivity index (χ2n) is 8.67. The molecule has 0 amide bonds. The molecule has 0 radical (unpaired) electrons. The van der Waals surface area contributed by atoms with E-state index in [4.69, 9.17) is 15.2 Å². The number of aryl methyl sites for hydroxylation is 3. The van der Waals surface area contributed by atoms with Crippen LogP contribution in [0.4, 0.5) is 0 Å². The van der Waals surface area contributed by atoms with Gasteiger partial charge in [0.25, 0.3) is 0 Å². The Hall–Kier alpha value is -3.74. The summed E-state index contributed by atoms with van der Waals surface area (Å²) in [5.74, 6) is 2.98. The SMILES string of the molecule is CN=C/C(C)=C\N.Cc1nc(Oc2ccc(OCCC(C)C)nc2)cc(-c2c(C)cccc2C)n1.[HH]. The van der Waals surface area contributed by atoms with Crippen LogP contribution in [0.15, 0.2) is 59.4 Å². The molecule has 7 nitrogen and oxygen atoms in total. The highest BCUT2D eigenvalue weighted by atomic mass is 16.5. The molecule has 3 aromatic rings. The van der Waals surface area contributed by atoms with Crippen molar-refractivity contribution in [3.05, 3.63) is 71.3 Å². The molecule has 0 spiro atoms. The largest absolute Gasteiger partial charge is 0.478 e. The van der Waals surface area contributed by atoms with E-state index in [1.165, 1.54) is 17.3 Å². The number of rotatable bonds is 8. The summed E-state index contributed by atoms with van der Waals surface area (Å²) >= 11 is 0. The molecule has 0 aliphatic carbocycles. The normalized spacial score (nSPS) is 11.4. The third-order valence-corrected chi connectivity index (χ3v) is 5.02. The summed E-state index contributed by atoms with van der Waals surface area (Å²) in [5.41, 5.74) is 10.4. The van der Waals surface area contributed by atoms with Crippen LogP contribution in [-0.4, -0.2) is 34.8 Å². The van der Waals surface area contributed by atoms with Crippen LogP contribution in [0, 0.1) is 26.7 Å². The van der Waals surface area contributed by atoms with Gasteiger partial charge in [-0.1, -0.05) is 32.0 Å². The summed E-state index contributed by atoms with van der Waals surface area (Å²) in [6.45, 7) is 12.9. The fourth-order valence-electron chi connectivity index (χ4n) is 3.22. The molecule has 0 atom stereocenters. The predicted octanol–water partition coefficient (Wildman–Crippen LogP) is 6.48.